The maximum absolute atomic E-state index is 12.3. The summed E-state index contributed by atoms with van der Waals surface area (Å²) in [6.45, 7) is 2.20. The molecule has 0 aliphatic heterocycles. The zero-order valence-corrected chi connectivity index (χ0v) is 7.88. The molecule has 2 nitrogen and oxygen atoms in total. The van der Waals surface area contributed by atoms with Gasteiger partial charge in [0.05, 0.1) is 6.17 Å². The molecule has 0 aromatic carbocycles. The summed E-state index contributed by atoms with van der Waals surface area (Å²) >= 11 is 3.21. The molecule has 0 aliphatic rings. The standard InChI is InChI=1S/C7H10BrFN2/c1-6(9)2-4-11-5-3-7(8)10-11/h3,5-6H,2,4H2,1H3. The van der Waals surface area contributed by atoms with Crippen LogP contribution < -0.4 is 0 Å². The van der Waals surface area contributed by atoms with E-state index in [1.807, 2.05) is 12.3 Å². The van der Waals surface area contributed by atoms with Crippen molar-refractivity contribution in [2.75, 3.05) is 0 Å². The van der Waals surface area contributed by atoms with Gasteiger partial charge in [-0.3, -0.25) is 4.68 Å². The Balaban J connectivity index is 2.39. The van der Waals surface area contributed by atoms with Gasteiger partial charge in [0, 0.05) is 12.7 Å². The third kappa shape index (κ3) is 3.01. The van der Waals surface area contributed by atoms with Crippen LogP contribution in [0.5, 0.6) is 0 Å². The van der Waals surface area contributed by atoms with Gasteiger partial charge in [0.15, 0.2) is 0 Å². The average molecular weight is 221 g/mol. The van der Waals surface area contributed by atoms with Crippen LogP contribution in [0.2, 0.25) is 0 Å². The number of nitrogens with zero attached hydrogens (tertiary/aromatic N) is 2. The second-order valence-corrected chi connectivity index (χ2v) is 3.28. The van der Waals surface area contributed by atoms with Crippen molar-refractivity contribution >= 4 is 15.9 Å². The van der Waals surface area contributed by atoms with Crippen LogP contribution >= 0.6 is 15.9 Å². The van der Waals surface area contributed by atoms with Crippen LogP contribution in [0.3, 0.4) is 0 Å². The first kappa shape index (κ1) is 8.71. The second kappa shape index (κ2) is 3.85. The molecule has 0 radical (unpaired) electrons. The molecule has 1 atom stereocenters. The lowest BCUT2D eigenvalue weighted by atomic mass is 10.3. The molecule has 1 unspecified atom stereocenters. The van der Waals surface area contributed by atoms with Crippen molar-refractivity contribution in [2.24, 2.45) is 0 Å². The van der Waals surface area contributed by atoms with Crippen molar-refractivity contribution < 1.29 is 4.39 Å². The number of hydrogen-bond acceptors (Lipinski definition) is 1. The number of rotatable bonds is 3. The summed E-state index contributed by atoms with van der Waals surface area (Å²) in [5.41, 5.74) is 0. The highest BCUT2D eigenvalue weighted by Gasteiger charge is 1.99. The lowest BCUT2D eigenvalue weighted by Gasteiger charge is -2.00. The van der Waals surface area contributed by atoms with Crippen LogP contribution in [-0.4, -0.2) is 16.0 Å². The van der Waals surface area contributed by atoms with Gasteiger partial charge >= 0.3 is 0 Å². The molecule has 0 N–H and O–H groups in total. The van der Waals surface area contributed by atoms with E-state index in [0.717, 1.165) is 4.60 Å². The van der Waals surface area contributed by atoms with Gasteiger partial charge in [0.25, 0.3) is 0 Å². The Hall–Kier alpha value is -0.380. The fourth-order valence-electron chi connectivity index (χ4n) is 0.772. The molecular weight excluding hydrogens is 211 g/mol. The number of hydrogen-bond donors (Lipinski definition) is 0. The molecule has 62 valence electrons. The van der Waals surface area contributed by atoms with Gasteiger partial charge in [-0.15, -0.1) is 0 Å². The summed E-state index contributed by atoms with van der Waals surface area (Å²) < 4.78 is 14.9. The minimum atomic E-state index is -0.752. The van der Waals surface area contributed by atoms with Crippen molar-refractivity contribution in [1.29, 1.82) is 0 Å². The highest BCUT2D eigenvalue weighted by molar-refractivity contribution is 9.10. The minimum absolute atomic E-state index is 0.522. The van der Waals surface area contributed by atoms with E-state index in [0.29, 0.717) is 13.0 Å². The lowest BCUT2D eigenvalue weighted by molar-refractivity contribution is 0.320. The third-order valence-corrected chi connectivity index (χ3v) is 1.79. The van der Waals surface area contributed by atoms with Crippen molar-refractivity contribution in [2.45, 2.75) is 26.1 Å². The Labute approximate surface area is 73.5 Å². The highest BCUT2D eigenvalue weighted by Crippen LogP contribution is 2.05. The third-order valence-electron chi connectivity index (χ3n) is 1.36. The van der Waals surface area contributed by atoms with Crippen molar-refractivity contribution in [1.82, 2.24) is 9.78 Å². The lowest BCUT2D eigenvalue weighted by Crippen LogP contribution is -2.03. The molecule has 4 heteroatoms. The summed E-state index contributed by atoms with van der Waals surface area (Å²) in [5, 5.41) is 4.05. The van der Waals surface area contributed by atoms with Crippen LogP contribution in [0.1, 0.15) is 13.3 Å². The first-order valence-corrected chi connectivity index (χ1v) is 4.31. The number of halogens is 2. The molecule has 0 aliphatic carbocycles. The van der Waals surface area contributed by atoms with E-state index in [1.165, 1.54) is 0 Å². The van der Waals surface area contributed by atoms with Gasteiger partial charge in [-0.25, -0.2) is 4.39 Å². The highest BCUT2D eigenvalue weighted by atomic mass is 79.9. The van der Waals surface area contributed by atoms with Crippen molar-refractivity contribution in [3.05, 3.63) is 16.9 Å². The Bertz CT molecular complexity index is 222. The van der Waals surface area contributed by atoms with E-state index < -0.39 is 6.17 Å². The predicted octanol–water partition coefficient (Wildman–Crippen LogP) is 2.39. The van der Waals surface area contributed by atoms with Crippen LogP contribution in [-0.2, 0) is 6.54 Å². The zero-order valence-electron chi connectivity index (χ0n) is 6.30. The Morgan fingerprint density at radius 2 is 2.55 bits per heavy atom. The Kier molecular flexibility index (Phi) is 3.05. The van der Waals surface area contributed by atoms with Gasteiger partial charge in [-0.2, -0.15) is 5.10 Å². The second-order valence-electron chi connectivity index (χ2n) is 2.47. The topological polar surface area (TPSA) is 17.8 Å². The van der Waals surface area contributed by atoms with Gasteiger partial charge in [0.1, 0.15) is 4.60 Å². The largest absolute Gasteiger partial charge is 0.272 e. The molecule has 1 rings (SSSR count). The maximum atomic E-state index is 12.3. The zero-order chi connectivity index (χ0) is 8.27. The van der Waals surface area contributed by atoms with Gasteiger partial charge in [-0.05, 0) is 35.3 Å². The smallest absolute Gasteiger partial charge is 0.128 e. The van der Waals surface area contributed by atoms with Crippen molar-refractivity contribution in [3.63, 3.8) is 0 Å². The van der Waals surface area contributed by atoms with E-state index in [2.05, 4.69) is 21.0 Å². The molecular formula is C7H10BrFN2. The fraction of sp³-hybridized carbons (Fsp3) is 0.571. The summed E-state index contributed by atoms with van der Waals surface area (Å²) in [5.74, 6) is 0. The number of aryl methyl sites for hydroxylation is 1. The molecule has 0 spiro atoms. The number of aromatic nitrogens is 2. The first-order valence-electron chi connectivity index (χ1n) is 3.51. The Morgan fingerprint density at radius 1 is 1.82 bits per heavy atom. The normalized spacial score (nSPS) is 13.4. The molecule has 1 heterocycles. The minimum Gasteiger partial charge on any atom is -0.272 e. The predicted molar refractivity (Wildman–Crippen MR) is 45.1 cm³/mol. The molecule has 0 amide bonds. The summed E-state index contributed by atoms with van der Waals surface area (Å²) in [6, 6.07) is 1.84. The van der Waals surface area contributed by atoms with E-state index in [1.54, 1.807) is 11.6 Å². The summed E-state index contributed by atoms with van der Waals surface area (Å²) in [6.07, 6.45) is 1.60. The van der Waals surface area contributed by atoms with Crippen LogP contribution in [0.25, 0.3) is 0 Å². The van der Waals surface area contributed by atoms with E-state index >= 15 is 0 Å². The SMILES string of the molecule is CC(F)CCn1ccc(Br)n1. The van der Waals surface area contributed by atoms with Gasteiger partial charge in [-0.1, -0.05) is 0 Å². The summed E-state index contributed by atoms with van der Waals surface area (Å²) in [7, 11) is 0. The monoisotopic (exact) mass is 220 g/mol. The molecule has 11 heavy (non-hydrogen) atoms. The Morgan fingerprint density at radius 3 is 3.00 bits per heavy atom. The quantitative estimate of drug-likeness (QED) is 0.766. The molecule has 0 saturated heterocycles. The maximum Gasteiger partial charge on any atom is 0.128 e. The van der Waals surface area contributed by atoms with Crippen molar-refractivity contribution in [3.8, 4) is 0 Å². The van der Waals surface area contributed by atoms with Gasteiger partial charge < -0.3 is 0 Å². The van der Waals surface area contributed by atoms with Crippen LogP contribution in [0, 0.1) is 0 Å². The molecule has 1 aromatic heterocycles. The summed E-state index contributed by atoms with van der Waals surface area (Å²) in [4.78, 5) is 0. The van der Waals surface area contributed by atoms with E-state index in [4.69, 9.17) is 0 Å². The van der Waals surface area contributed by atoms with Crippen LogP contribution in [0.15, 0.2) is 16.9 Å². The van der Waals surface area contributed by atoms with E-state index in [-0.39, 0.29) is 0 Å². The molecule has 0 bridgehead atoms. The molecule has 0 fully saturated rings. The first-order chi connectivity index (χ1) is 5.18. The van der Waals surface area contributed by atoms with Crippen LogP contribution in [0.4, 0.5) is 4.39 Å². The molecule has 0 saturated carbocycles. The average Bonchev–Trinajstić information content (AvgIpc) is 2.31. The number of alkyl halides is 1. The van der Waals surface area contributed by atoms with E-state index in [9.17, 15) is 4.39 Å². The van der Waals surface area contributed by atoms with Gasteiger partial charge in [0.2, 0.25) is 0 Å². The fourth-order valence-corrected chi connectivity index (χ4v) is 1.09. The molecule has 1 aromatic rings.